The van der Waals surface area contributed by atoms with Gasteiger partial charge in [-0.3, -0.25) is 4.79 Å². The van der Waals surface area contributed by atoms with Crippen molar-refractivity contribution in [1.29, 1.82) is 0 Å². The number of nitrogens with one attached hydrogen (secondary N) is 2. The lowest BCUT2D eigenvalue weighted by Crippen LogP contribution is -2.39. The molecule has 29 heavy (non-hydrogen) atoms. The first-order valence-corrected chi connectivity index (χ1v) is 13.2. The molecule has 2 N–H and O–H groups in total. The van der Waals surface area contributed by atoms with Gasteiger partial charge in [0.1, 0.15) is 5.78 Å². The van der Waals surface area contributed by atoms with Crippen LogP contribution in [-0.4, -0.2) is 44.3 Å². The van der Waals surface area contributed by atoms with E-state index in [9.17, 15) is 13.2 Å². The van der Waals surface area contributed by atoms with Gasteiger partial charge in [0.15, 0.2) is 0 Å². The van der Waals surface area contributed by atoms with Gasteiger partial charge in [0, 0.05) is 42.0 Å². The van der Waals surface area contributed by atoms with Gasteiger partial charge in [0.25, 0.3) is 0 Å². The van der Waals surface area contributed by atoms with Crippen LogP contribution in [0.5, 0.6) is 0 Å². The van der Waals surface area contributed by atoms with Crippen molar-refractivity contribution in [3.8, 4) is 0 Å². The summed E-state index contributed by atoms with van der Waals surface area (Å²) in [6, 6.07) is 7.13. The van der Waals surface area contributed by atoms with Crippen LogP contribution in [0.1, 0.15) is 45.1 Å². The van der Waals surface area contributed by atoms with Gasteiger partial charge in [-0.25, -0.2) is 13.1 Å². The second kappa shape index (κ2) is 7.66. The highest BCUT2D eigenvalue weighted by molar-refractivity contribution is 7.99. The molecule has 1 saturated heterocycles. The Morgan fingerprint density at radius 3 is 2.59 bits per heavy atom. The normalized spacial score (nSPS) is 33.5. The monoisotopic (exact) mass is 436 g/mol. The summed E-state index contributed by atoms with van der Waals surface area (Å²) >= 11 is 1.86. The molecular formula is C22H32N2O3S2. The fourth-order valence-electron chi connectivity index (χ4n) is 5.52. The molecule has 0 aromatic heterocycles. The summed E-state index contributed by atoms with van der Waals surface area (Å²) in [5.74, 6) is 2.83. The maximum atomic E-state index is 12.7. The zero-order chi connectivity index (χ0) is 20.9. The van der Waals surface area contributed by atoms with Crippen LogP contribution in [0.2, 0.25) is 0 Å². The van der Waals surface area contributed by atoms with E-state index in [1.54, 1.807) is 12.1 Å². The van der Waals surface area contributed by atoms with Crippen LogP contribution in [0.3, 0.4) is 0 Å². The highest BCUT2D eigenvalue weighted by atomic mass is 32.2. The molecule has 7 heteroatoms. The average molecular weight is 437 g/mol. The molecule has 2 saturated carbocycles. The predicted octanol–water partition coefficient (Wildman–Crippen LogP) is 3.13. The Hall–Kier alpha value is -0.890. The summed E-state index contributed by atoms with van der Waals surface area (Å²) in [4.78, 5) is 13.0. The summed E-state index contributed by atoms with van der Waals surface area (Å²) in [6.45, 7) is 7.14. The van der Waals surface area contributed by atoms with E-state index in [0.717, 1.165) is 36.3 Å². The van der Waals surface area contributed by atoms with Crippen molar-refractivity contribution in [2.75, 3.05) is 18.1 Å². The predicted molar refractivity (Wildman–Crippen MR) is 118 cm³/mol. The molecule has 4 atom stereocenters. The number of Topliss-reactive ketones (excluding diaryl/α,β-unsaturated/α-hetero) is 1. The van der Waals surface area contributed by atoms with E-state index in [2.05, 4.69) is 23.9 Å². The zero-order valence-corrected chi connectivity index (χ0v) is 19.2. The van der Waals surface area contributed by atoms with E-state index < -0.39 is 10.0 Å². The first kappa shape index (κ1) is 21.3. The molecule has 3 fully saturated rings. The lowest BCUT2D eigenvalue weighted by molar-refractivity contribution is -0.127. The number of sulfonamides is 1. The van der Waals surface area contributed by atoms with Gasteiger partial charge in [-0.2, -0.15) is 11.8 Å². The van der Waals surface area contributed by atoms with E-state index in [4.69, 9.17) is 0 Å². The van der Waals surface area contributed by atoms with Gasteiger partial charge < -0.3 is 5.32 Å². The lowest BCUT2D eigenvalue weighted by atomic mass is 9.70. The number of hydrogen-bond donors (Lipinski definition) is 2. The van der Waals surface area contributed by atoms with Crippen LogP contribution in [0.25, 0.3) is 0 Å². The zero-order valence-electron chi connectivity index (χ0n) is 17.5. The summed E-state index contributed by atoms with van der Waals surface area (Å²) in [5, 5.41) is 3.46. The summed E-state index contributed by atoms with van der Waals surface area (Å²) < 4.78 is 28.1. The molecule has 1 heterocycles. The highest BCUT2D eigenvalue weighted by Gasteiger charge is 2.63. The molecule has 0 amide bonds. The quantitative estimate of drug-likeness (QED) is 0.687. The highest BCUT2D eigenvalue weighted by Crippen LogP contribution is 2.64. The lowest BCUT2D eigenvalue weighted by Gasteiger charge is -2.36. The molecule has 1 aromatic rings. The van der Waals surface area contributed by atoms with Crippen molar-refractivity contribution >= 4 is 27.6 Å². The summed E-state index contributed by atoms with van der Waals surface area (Å²) in [6.07, 6.45) is 3.76. The van der Waals surface area contributed by atoms with Crippen LogP contribution in [0.4, 0.5) is 0 Å². The fraction of sp³-hybridized carbons (Fsp3) is 0.682. The van der Waals surface area contributed by atoms with Crippen LogP contribution < -0.4 is 10.0 Å². The third kappa shape index (κ3) is 3.80. The van der Waals surface area contributed by atoms with Crippen LogP contribution in [0.15, 0.2) is 29.2 Å². The standard InChI is InChI=1S/C22H32N2O3S2/c1-15-4-6-19(7-5-15)29(26,27)24-17-11-18(23-12-17)13-28-14-22-9-8-16(10-20(22)25)21(22,2)3/h4-7,16-18,23-24H,8-14H2,1-3H3/t16-,17-,18-,22+/m0/s1. The number of ketones is 1. The third-order valence-corrected chi connectivity index (χ3v) is 10.6. The number of thioether (sulfide) groups is 1. The Kier molecular flexibility index (Phi) is 5.64. The largest absolute Gasteiger partial charge is 0.312 e. The molecule has 1 aromatic carbocycles. The van der Waals surface area contributed by atoms with Crippen molar-refractivity contribution in [2.45, 2.75) is 63.4 Å². The molecule has 160 valence electrons. The molecule has 0 unspecified atom stereocenters. The van der Waals surface area contributed by atoms with E-state index in [0.29, 0.717) is 23.1 Å². The van der Waals surface area contributed by atoms with Gasteiger partial charge in [-0.1, -0.05) is 31.5 Å². The van der Waals surface area contributed by atoms with Crippen molar-refractivity contribution in [3.05, 3.63) is 29.8 Å². The number of rotatable bonds is 7. The number of aryl methyl sites for hydroxylation is 1. The second-order valence-corrected chi connectivity index (χ2v) is 12.4. The van der Waals surface area contributed by atoms with E-state index in [1.807, 2.05) is 30.8 Å². The average Bonchev–Trinajstić information content (AvgIpc) is 3.24. The molecule has 2 aliphatic carbocycles. The Labute approximate surface area is 178 Å². The third-order valence-electron chi connectivity index (χ3n) is 7.68. The van der Waals surface area contributed by atoms with Gasteiger partial charge in [-0.05, 0) is 49.7 Å². The SMILES string of the molecule is Cc1ccc(S(=O)(=O)N[C@@H]2CN[C@H](CSC[C@]34CC[C@@H](CC3=O)C4(C)C)C2)cc1. The molecule has 2 bridgehead atoms. The Morgan fingerprint density at radius 2 is 1.97 bits per heavy atom. The number of benzene rings is 1. The minimum atomic E-state index is -3.49. The number of carbonyl (C=O) groups excluding carboxylic acids is 1. The van der Waals surface area contributed by atoms with Crippen LogP contribution in [-0.2, 0) is 14.8 Å². The fourth-order valence-corrected chi connectivity index (χ4v) is 8.46. The summed E-state index contributed by atoms with van der Waals surface area (Å²) in [5.41, 5.74) is 1.01. The van der Waals surface area contributed by atoms with Crippen LogP contribution in [0, 0.1) is 23.7 Å². The maximum Gasteiger partial charge on any atom is 0.240 e. The minimum Gasteiger partial charge on any atom is -0.312 e. The van der Waals surface area contributed by atoms with Crippen molar-refractivity contribution < 1.29 is 13.2 Å². The Morgan fingerprint density at radius 1 is 1.24 bits per heavy atom. The van der Waals surface area contributed by atoms with E-state index in [1.165, 1.54) is 6.42 Å². The molecule has 0 spiro atoms. The van der Waals surface area contributed by atoms with E-state index in [-0.39, 0.29) is 22.9 Å². The van der Waals surface area contributed by atoms with Crippen molar-refractivity contribution in [3.63, 3.8) is 0 Å². The second-order valence-electron chi connectivity index (χ2n) is 9.65. The maximum absolute atomic E-state index is 12.7. The van der Waals surface area contributed by atoms with Gasteiger partial charge in [0.05, 0.1) is 4.90 Å². The topological polar surface area (TPSA) is 75.3 Å². The van der Waals surface area contributed by atoms with Crippen molar-refractivity contribution in [2.24, 2.45) is 16.7 Å². The molecule has 1 aliphatic heterocycles. The number of hydrogen-bond acceptors (Lipinski definition) is 5. The van der Waals surface area contributed by atoms with Gasteiger partial charge in [-0.15, -0.1) is 0 Å². The molecule has 3 aliphatic rings. The first-order chi connectivity index (χ1) is 13.6. The van der Waals surface area contributed by atoms with Gasteiger partial charge in [0.2, 0.25) is 10.0 Å². The van der Waals surface area contributed by atoms with E-state index >= 15 is 0 Å². The molecule has 0 radical (unpaired) electrons. The van der Waals surface area contributed by atoms with Crippen molar-refractivity contribution in [1.82, 2.24) is 10.0 Å². The molecule has 5 nitrogen and oxygen atoms in total. The molecular weight excluding hydrogens is 404 g/mol. The Bertz CT molecular complexity index is 882. The minimum absolute atomic E-state index is 0.0921. The number of fused-ring (bicyclic) bond motifs is 2. The Balaban J connectivity index is 1.29. The molecule has 4 rings (SSSR count). The smallest absolute Gasteiger partial charge is 0.240 e. The van der Waals surface area contributed by atoms with Crippen LogP contribution >= 0.6 is 11.8 Å². The van der Waals surface area contributed by atoms with Gasteiger partial charge >= 0.3 is 0 Å². The number of carbonyl (C=O) groups is 1. The summed E-state index contributed by atoms with van der Waals surface area (Å²) in [7, 11) is -3.49. The first-order valence-electron chi connectivity index (χ1n) is 10.6.